The Morgan fingerprint density at radius 2 is 1.23 bits per heavy atom. The SMILES string of the molecule is CC(Cc1ccccn1)NCCNC(C)Cc1ccccn1. The summed E-state index contributed by atoms with van der Waals surface area (Å²) in [6.45, 7) is 6.32. The molecule has 4 nitrogen and oxygen atoms in total. The molecule has 2 atom stereocenters. The highest BCUT2D eigenvalue weighted by molar-refractivity contribution is 5.05. The Bertz CT molecular complexity index is 466. The lowest BCUT2D eigenvalue weighted by Crippen LogP contribution is -2.38. The Morgan fingerprint density at radius 3 is 1.59 bits per heavy atom. The highest BCUT2D eigenvalue weighted by Gasteiger charge is 2.05. The van der Waals surface area contributed by atoms with E-state index in [9.17, 15) is 0 Å². The van der Waals surface area contributed by atoms with Gasteiger partial charge in [-0.05, 0) is 38.1 Å². The van der Waals surface area contributed by atoms with E-state index in [-0.39, 0.29) is 0 Å². The minimum absolute atomic E-state index is 0.433. The van der Waals surface area contributed by atoms with Crippen LogP contribution >= 0.6 is 0 Å². The van der Waals surface area contributed by atoms with Gasteiger partial charge in [-0.3, -0.25) is 9.97 Å². The van der Waals surface area contributed by atoms with E-state index in [0.29, 0.717) is 12.1 Å². The third-order valence-corrected chi connectivity index (χ3v) is 3.59. The Balaban J connectivity index is 1.58. The van der Waals surface area contributed by atoms with E-state index >= 15 is 0 Å². The van der Waals surface area contributed by atoms with Gasteiger partial charge in [-0.2, -0.15) is 0 Å². The normalized spacial score (nSPS) is 13.7. The van der Waals surface area contributed by atoms with Crippen LogP contribution in [0.15, 0.2) is 48.8 Å². The van der Waals surface area contributed by atoms with E-state index in [2.05, 4.69) is 46.6 Å². The van der Waals surface area contributed by atoms with Gasteiger partial charge in [0.2, 0.25) is 0 Å². The van der Waals surface area contributed by atoms with Crippen LogP contribution in [0.2, 0.25) is 0 Å². The monoisotopic (exact) mass is 298 g/mol. The number of aromatic nitrogens is 2. The molecule has 0 bridgehead atoms. The zero-order valence-corrected chi connectivity index (χ0v) is 13.5. The lowest BCUT2D eigenvalue weighted by atomic mass is 10.1. The van der Waals surface area contributed by atoms with Crippen LogP contribution < -0.4 is 10.6 Å². The highest BCUT2D eigenvalue weighted by Crippen LogP contribution is 1.99. The molecule has 2 N–H and O–H groups in total. The Morgan fingerprint density at radius 1 is 0.773 bits per heavy atom. The predicted octanol–water partition coefficient (Wildman–Crippen LogP) is 2.22. The van der Waals surface area contributed by atoms with Crippen molar-refractivity contribution in [1.29, 1.82) is 0 Å². The second-order valence-corrected chi connectivity index (χ2v) is 5.76. The molecule has 4 heteroatoms. The van der Waals surface area contributed by atoms with Crippen molar-refractivity contribution in [2.75, 3.05) is 13.1 Å². The molecular weight excluding hydrogens is 272 g/mol. The molecule has 0 radical (unpaired) electrons. The standard InChI is InChI=1S/C18H26N4/c1-15(13-17-7-3-5-9-21-17)19-11-12-20-16(2)14-18-8-4-6-10-22-18/h3-10,15-16,19-20H,11-14H2,1-2H3. The maximum absolute atomic E-state index is 4.36. The van der Waals surface area contributed by atoms with Gasteiger partial charge < -0.3 is 10.6 Å². The van der Waals surface area contributed by atoms with Crippen LogP contribution in [0.1, 0.15) is 25.2 Å². The van der Waals surface area contributed by atoms with Gasteiger partial charge >= 0.3 is 0 Å². The largest absolute Gasteiger partial charge is 0.313 e. The van der Waals surface area contributed by atoms with Crippen molar-refractivity contribution < 1.29 is 0 Å². The zero-order valence-electron chi connectivity index (χ0n) is 13.5. The smallest absolute Gasteiger partial charge is 0.0419 e. The maximum atomic E-state index is 4.36. The Labute approximate surface area is 133 Å². The summed E-state index contributed by atoms with van der Waals surface area (Å²) in [5, 5.41) is 7.06. The molecule has 0 saturated heterocycles. The van der Waals surface area contributed by atoms with Gasteiger partial charge in [0.25, 0.3) is 0 Å². The molecule has 118 valence electrons. The van der Waals surface area contributed by atoms with Crippen LogP contribution in [0.3, 0.4) is 0 Å². The number of nitrogens with one attached hydrogen (secondary N) is 2. The summed E-state index contributed by atoms with van der Waals surface area (Å²) < 4.78 is 0. The summed E-state index contributed by atoms with van der Waals surface area (Å²) in [4.78, 5) is 8.72. The molecule has 2 aromatic heterocycles. The Kier molecular flexibility index (Phi) is 7.00. The number of hydrogen-bond donors (Lipinski definition) is 2. The minimum Gasteiger partial charge on any atom is -0.313 e. The molecule has 0 aliphatic carbocycles. The Hall–Kier alpha value is -1.78. The first-order chi connectivity index (χ1) is 10.7. The third-order valence-electron chi connectivity index (χ3n) is 3.59. The summed E-state index contributed by atoms with van der Waals surface area (Å²) in [6.07, 6.45) is 5.63. The molecule has 2 unspecified atom stereocenters. The van der Waals surface area contributed by atoms with Gasteiger partial charge in [-0.25, -0.2) is 0 Å². The molecule has 2 aromatic rings. The second kappa shape index (κ2) is 9.28. The predicted molar refractivity (Wildman–Crippen MR) is 90.8 cm³/mol. The van der Waals surface area contributed by atoms with E-state index in [1.807, 2.05) is 36.7 Å². The van der Waals surface area contributed by atoms with Gasteiger partial charge in [0, 0.05) is 61.8 Å². The highest BCUT2D eigenvalue weighted by atomic mass is 15.0. The van der Waals surface area contributed by atoms with E-state index in [1.165, 1.54) is 0 Å². The third kappa shape index (κ3) is 6.33. The summed E-state index contributed by atoms with van der Waals surface area (Å²) in [5.41, 5.74) is 2.28. The molecule has 0 aliphatic rings. The van der Waals surface area contributed by atoms with Gasteiger partial charge in [-0.15, -0.1) is 0 Å². The first-order valence-electron chi connectivity index (χ1n) is 8.00. The summed E-state index contributed by atoms with van der Waals surface area (Å²) in [6, 6.07) is 13.0. The molecular formula is C18H26N4. The van der Waals surface area contributed by atoms with Crippen molar-refractivity contribution in [2.24, 2.45) is 0 Å². The summed E-state index contributed by atoms with van der Waals surface area (Å²) in [5.74, 6) is 0. The average molecular weight is 298 g/mol. The van der Waals surface area contributed by atoms with Crippen LogP contribution in [-0.2, 0) is 12.8 Å². The fourth-order valence-electron chi connectivity index (χ4n) is 2.45. The van der Waals surface area contributed by atoms with Gasteiger partial charge in [0.1, 0.15) is 0 Å². The molecule has 0 spiro atoms. The van der Waals surface area contributed by atoms with Crippen LogP contribution in [0, 0.1) is 0 Å². The number of pyridine rings is 2. The van der Waals surface area contributed by atoms with Gasteiger partial charge in [0.15, 0.2) is 0 Å². The summed E-state index contributed by atoms with van der Waals surface area (Å²) in [7, 11) is 0. The van der Waals surface area contributed by atoms with Crippen molar-refractivity contribution >= 4 is 0 Å². The molecule has 0 saturated carbocycles. The molecule has 2 heterocycles. The molecule has 2 rings (SSSR count). The first kappa shape index (κ1) is 16.6. The fraction of sp³-hybridized carbons (Fsp3) is 0.444. The van der Waals surface area contributed by atoms with Crippen molar-refractivity contribution in [3.63, 3.8) is 0 Å². The quantitative estimate of drug-likeness (QED) is 0.697. The zero-order chi connectivity index (χ0) is 15.6. The summed E-state index contributed by atoms with van der Waals surface area (Å²) >= 11 is 0. The van der Waals surface area contributed by atoms with Crippen molar-refractivity contribution in [2.45, 2.75) is 38.8 Å². The van der Waals surface area contributed by atoms with Crippen molar-refractivity contribution in [1.82, 2.24) is 20.6 Å². The van der Waals surface area contributed by atoms with E-state index in [4.69, 9.17) is 0 Å². The molecule has 0 aromatic carbocycles. The molecule has 0 aliphatic heterocycles. The molecule has 22 heavy (non-hydrogen) atoms. The second-order valence-electron chi connectivity index (χ2n) is 5.76. The van der Waals surface area contributed by atoms with E-state index < -0.39 is 0 Å². The van der Waals surface area contributed by atoms with Crippen molar-refractivity contribution in [3.05, 3.63) is 60.2 Å². The van der Waals surface area contributed by atoms with Crippen LogP contribution in [-0.4, -0.2) is 35.1 Å². The number of nitrogens with zero attached hydrogens (tertiary/aromatic N) is 2. The number of hydrogen-bond acceptors (Lipinski definition) is 4. The average Bonchev–Trinajstić information content (AvgIpc) is 2.53. The van der Waals surface area contributed by atoms with Crippen LogP contribution in [0.5, 0.6) is 0 Å². The number of rotatable bonds is 9. The van der Waals surface area contributed by atoms with Gasteiger partial charge in [-0.1, -0.05) is 12.1 Å². The van der Waals surface area contributed by atoms with E-state index in [1.54, 1.807) is 0 Å². The molecule has 0 amide bonds. The minimum atomic E-state index is 0.433. The lowest BCUT2D eigenvalue weighted by molar-refractivity contribution is 0.486. The topological polar surface area (TPSA) is 49.8 Å². The first-order valence-corrected chi connectivity index (χ1v) is 8.00. The van der Waals surface area contributed by atoms with Crippen LogP contribution in [0.4, 0.5) is 0 Å². The van der Waals surface area contributed by atoms with Gasteiger partial charge in [0.05, 0.1) is 0 Å². The van der Waals surface area contributed by atoms with E-state index in [0.717, 1.165) is 37.3 Å². The van der Waals surface area contributed by atoms with Crippen molar-refractivity contribution in [3.8, 4) is 0 Å². The maximum Gasteiger partial charge on any atom is 0.0419 e. The fourth-order valence-corrected chi connectivity index (χ4v) is 2.45. The lowest BCUT2D eigenvalue weighted by Gasteiger charge is -2.16. The van der Waals surface area contributed by atoms with Crippen LogP contribution in [0.25, 0.3) is 0 Å². The molecule has 0 fully saturated rings.